The summed E-state index contributed by atoms with van der Waals surface area (Å²) in [7, 11) is 0. The Morgan fingerprint density at radius 1 is 1.39 bits per heavy atom. The molecule has 0 spiro atoms. The Morgan fingerprint density at radius 2 is 2.17 bits per heavy atom. The normalized spacial score (nSPS) is 19.9. The summed E-state index contributed by atoms with van der Waals surface area (Å²) in [5, 5.41) is 3.22. The number of amides is 3. The first-order valence-electron chi connectivity index (χ1n) is 5.43. The van der Waals surface area contributed by atoms with Crippen LogP contribution < -0.4 is 21.7 Å². The molecule has 2 aliphatic rings. The van der Waals surface area contributed by atoms with Crippen molar-refractivity contribution in [3.05, 3.63) is 29.6 Å². The number of rotatable bonds is 1. The van der Waals surface area contributed by atoms with Crippen molar-refractivity contribution in [1.82, 2.24) is 4.98 Å². The summed E-state index contributed by atoms with van der Waals surface area (Å²) >= 11 is 0. The number of anilines is 2. The van der Waals surface area contributed by atoms with Gasteiger partial charge in [-0.25, -0.2) is 9.78 Å². The largest absolute Gasteiger partial charge is 0.375 e. The van der Waals surface area contributed by atoms with E-state index in [1.165, 1.54) is 11.0 Å². The zero-order valence-electron chi connectivity index (χ0n) is 9.38. The third-order valence-corrected chi connectivity index (χ3v) is 2.95. The van der Waals surface area contributed by atoms with E-state index in [0.717, 1.165) is 12.0 Å². The molecule has 1 aromatic heterocycles. The van der Waals surface area contributed by atoms with Crippen LogP contribution >= 0.6 is 0 Å². The standard InChI is InChI=1S/C11H11N5O2/c12-9(17)6-1-2-7-10(15-6)16(11(13)18)4-5-3-8(5)14-7/h1-2,4,8,14H,3H2,(H2,12,17)(H2,13,18). The van der Waals surface area contributed by atoms with Crippen molar-refractivity contribution in [2.45, 2.75) is 12.5 Å². The maximum atomic E-state index is 11.4. The van der Waals surface area contributed by atoms with E-state index in [0.29, 0.717) is 11.5 Å². The molecule has 2 heterocycles. The van der Waals surface area contributed by atoms with Crippen molar-refractivity contribution in [3.63, 3.8) is 0 Å². The molecule has 7 nitrogen and oxygen atoms in total. The van der Waals surface area contributed by atoms with E-state index in [4.69, 9.17) is 11.5 Å². The minimum atomic E-state index is -0.649. The molecule has 0 radical (unpaired) electrons. The van der Waals surface area contributed by atoms with E-state index < -0.39 is 11.9 Å². The highest BCUT2D eigenvalue weighted by atomic mass is 16.2. The summed E-state index contributed by atoms with van der Waals surface area (Å²) in [6.45, 7) is 0. The predicted octanol–water partition coefficient (Wildman–Crippen LogP) is 0.147. The smallest absolute Gasteiger partial charge is 0.324 e. The second-order valence-corrected chi connectivity index (χ2v) is 4.25. The van der Waals surface area contributed by atoms with Crippen LogP contribution in [0.1, 0.15) is 16.9 Å². The summed E-state index contributed by atoms with van der Waals surface area (Å²) in [5.74, 6) is -0.345. The van der Waals surface area contributed by atoms with Crippen molar-refractivity contribution in [3.8, 4) is 0 Å². The zero-order valence-corrected chi connectivity index (χ0v) is 9.38. The summed E-state index contributed by atoms with van der Waals surface area (Å²) < 4.78 is 0. The Morgan fingerprint density at radius 3 is 2.83 bits per heavy atom. The monoisotopic (exact) mass is 245 g/mol. The molecule has 7 heteroatoms. The molecule has 1 atom stereocenters. The van der Waals surface area contributed by atoms with Gasteiger partial charge in [0, 0.05) is 6.20 Å². The number of aromatic nitrogens is 1. The van der Waals surface area contributed by atoms with Crippen LogP contribution in [0, 0.1) is 0 Å². The van der Waals surface area contributed by atoms with Gasteiger partial charge < -0.3 is 16.8 Å². The number of urea groups is 1. The van der Waals surface area contributed by atoms with E-state index in [-0.39, 0.29) is 11.7 Å². The van der Waals surface area contributed by atoms with Crippen LogP contribution in [0.4, 0.5) is 16.3 Å². The van der Waals surface area contributed by atoms with Crippen molar-refractivity contribution in [1.29, 1.82) is 0 Å². The van der Waals surface area contributed by atoms with Gasteiger partial charge >= 0.3 is 6.03 Å². The lowest BCUT2D eigenvalue weighted by molar-refractivity contribution is 0.0995. The number of carbonyl (C=O) groups excluding carboxylic acids is 2. The summed E-state index contributed by atoms with van der Waals surface area (Å²) in [5.41, 5.74) is 12.3. The third kappa shape index (κ3) is 1.56. The second kappa shape index (κ2) is 3.46. The van der Waals surface area contributed by atoms with E-state index in [1.807, 2.05) is 0 Å². The molecule has 18 heavy (non-hydrogen) atoms. The highest BCUT2D eigenvalue weighted by molar-refractivity contribution is 5.98. The maximum Gasteiger partial charge on any atom is 0.324 e. The molecule has 1 unspecified atom stereocenters. The lowest BCUT2D eigenvalue weighted by Gasteiger charge is -2.17. The fraction of sp³-hybridized carbons (Fsp3) is 0.182. The first-order chi connectivity index (χ1) is 8.56. The van der Waals surface area contributed by atoms with E-state index in [9.17, 15) is 9.59 Å². The summed E-state index contributed by atoms with van der Waals surface area (Å²) in [4.78, 5) is 27.9. The number of carbonyl (C=O) groups is 2. The van der Waals surface area contributed by atoms with Crippen LogP contribution in [0.3, 0.4) is 0 Å². The number of nitrogens with zero attached hydrogens (tertiary/aromatic N) is 2. The molecule has 1 aliphatic carbocycles. The molecule has 5 N–H and O–H groups in total. The van der Waals surface area contributed by atoms with Gasteiger partial charge in [0.1, 0.15) is 5.69 Å². The molecule has 92 valence electrons. The van der Waals surface area contributed by atoms with E-state index in [1.54, 1.807) is 12.3 Å². The van der Waals surface area contributed by atoms with Crippen molar-refractivity contribution in [2.24, 2.45) is 11.5 Å². The number of nitrogens with one attached hydrogen (secondary N) is 1. The maximum absolute atomic E-state index is 11.4. The highest BCUT2D eigenvalue weighted by Crippen LogP contribution is 2.39. The van der Waals surface area contributed by atoms with Gasteiger partial charge in [0.15, 0.2) is 5.82 Å². The minimum absolute atomic E-state index is 0.0933. The molecule has 1 aromatic rings. The molecule has 0 bridgehead atoms. The Labute approximate surface area is 102 Å². The Bertz CT molecular complexity index is 595. The average Bonchev–Trinajstić information content (AvgIpc) is 3.04. The molecule has 0 saturated heterocycles. The topological polar surface area (TPSA) is 114 Å². The third-order valence-electron chi connectivity index (χ3n) is 2.95. The number of primary amides is 2. The molecule has 1 saturated carbocycles. The number of pyridine rings is 1. The van der Waals surface area contributed by atoms with Crippen LogP contribution in [-0.4, -0.2) is 23.0 Å². The van der Waals surface area contributed by atoms with Gasteiger partial charge in [0.2, 0.25) is 0 Å². The van der Waals surface area contributed by atoms with Gasteiger partial charge in [-0.15, -0.1) is 0 Å². The Hall–Kier alpha value is -2.57. The first kappa shape index (κ1) is 10.6. The van der Waals surface area contributed by atoms with Crippen molar-refractivity contribution < 1.29 is 9.59 Å². The van der Waals surface area contributed by atoms with Crippen LogP contribution in [-0.2, 0) is 0 Å². The zero-order chi connectivity index (χ0) is 12.9. The van der Waals surface area contributed by atoms with Crippen LogP contribution in [0.15, 0.2) is 23.9 Å². The molecule has 1 fully saturated rings. The fourth-order valence-corrected chi connectivity index (χ4v) is 1.93. The van der Waals surface area contributed by atoms with Crippen LogP contribution in [0.2, 0.25) is 0 Å². The summed E-state index contributed by atoms with van der Waals surface area (Å²) in [6.07, 6.45) is 2.53. The van der Waals surface area contributed by atoms with Crippen molar-refractivity contribution in [2.75, 3.05) is 10.2 Å². The van der Waals surface area contributed by atoms with Crippen LogP contribution in [0.5, 0.6) is 0 Å². The number of hydrogen-bond acceptors (Lipinski definition) is 4. The average molecular weight is 245 g/mol. The SMILES string of the molecule is NC(=O)c1ccc2c(n1)N(C(N)=O)C=C1CC1N2. The molecule has 3 amide bonds. The Balaban J connectivity index is 2.13. The number of fused-ring (bicyclic) bond motifs is 2. The second-order valence-electron chi connectivity index (χ2n) is 4.25. The van der Waals surface area contributed by atoms with Gasteiger partial charge in [0.05, 0.1) is 11.7 Å². The first-order valence-corrected chi connectivity index (χ1v) is 5.43. The summed E-state index contributed by atoms with van der Waals surface area (Å²) in [6, 6.07) is 2.76. The lowest BCUT2D eigenvalue weighted by Crippen LogP contribution is -2.32. The van der Waals surface area contributed by atoms with Gasteiger partial charge in [-0.1, -0.05) is 0 Å². The van der Waals surface area contributed by atoms with Crippen LogP contribution in [0.25, 0.3) is 0 Å². The Kier molecular flexibility index (Phi) is 2.03. The van der Waals surface area contributed by atoms with Gasteiger partial charge in [-0.2, -0.15) is 0 Å². The van der Waals surface area contributed by atoms with Gasteiger partial charge in [0.25, 0.3) is 5.91 Å². The number of nitrogens with two attached hydrogens (primary N) is 2. The molecular weight excluding hydrogens is 234 g/mol. The predicted molar refractivity (Wildman–Crippen MR) is 64.9 cm³/mol. The fourth-order valence-electron chi connectivity index (χ4n) is 1.93. The lowest BCUT2D eigenvalue weighted by atomic mass is 10.3. The molecule has 0 aromatic carbocycles. The molecule has 1 aliphatic heterocycles. The molecular formula is C11H11N5O2. The minimum Gasteiger partial charge on any atom is -0.375 e. The highest BCUT2D eigenvalue weighted by Gasteiger charge is 2.35. The van der Waals surface area contributed by atoms with Gasteiger partial charge in [-0.05, 0) is 24.1 Å². The number of hydrogen-bond donors (Lipinski definition) is 3. The molecule has 3 rings (SSSR count). The van der Waals surface area contributed by atoms with E-state index >= 15 is 0 Å². The van der Waals surface area contributed by atoms with E-state index in [2.05, 4.69) is 10.3 Å². The quantitative estimate of drug-likeness (QED) is 0.653. The van der Waals surface area contributed by atoms with Crippen molar-refractivity contribution >= 4 is 23.4 Å². The van der Waals surface area contributed by atoms with Gasteiger partial charge in [-0.3, -0.25) is 9.69 Å².